The third-order valence-corrected chi connectivity index (χ3v) is 2.58. The molecule has 1 nitrogen and oxygen atoms in total. The van der Waals surface area contributed by atoms with E-state index in [0.717, 1.165) is 24.3 Å². The zero-order valence-electron chi connectivity index (χ0n) is 7.79. The number of rotatable bonds is 2. The number of fused-ring (bicyclic) bond motifs is 1. The Hall–Kier alpha value is -0.630. The molecule has 0 aliphatic carbocycles. The maximum absolute atomic E-state index is 5.62. The van der Waals surface area contributed by atoms with Crippen LogP contribution in [0.15, 0.2) is 18.2 Å². The van der Waals surface area contributed by atoms with E-state index in [9.17, 15) is 0 Å². The fourth-order valence-corrected chi connectivity index (χ4v) is 2.02. The molecule has 70 valence electrons. The molecule has 0 amide bonds. The summed E-state index contributed by atoms with van der Waals surface area (Å²) in [5.74, 6) is 1.98. The summed E-state index contributed by atoms with van der Waals surface area (Å²) in [6.45, 7) is 2.11. The topological polar surface area (TPSA) is 9.23 Å². The highest BCUT2D eigenvalue weighted by Crippen LogP contribution is 2.29. The van der Waals surface area contributed by atoms with Crippen molar-refractivity contribution in [3.63, 3.8) is 0 Å². The van der Waals surface area contributed by atoms with E-state index in [2.05, 4.69) is 37.8 Å². The van der Waals surface area contributed by atoms with Gasteiger partial charge >= 0.3 is 0 Å². The van der Waals surface area contributed by atoms with Crippen molar-refractivity contribution in [3.8, 4) is 5.75 Å². The maximum atomic E-state index is 5.62. The first kappa shape index (κ1) is 8.95. The molecule has 0 aromatic heterocycles. The minimum absolute atomic E-state index is 0.348. The molecule has 1 unspecified atom stereocenters. The number of benzene rings is 1. The predicted molar refractivity (Wildman–Crippen MR) is 57.8 cm³/mol. The van der Waals surface area contributed by atoms with Gasteiger partial charge in [0.05, 0.1) is 0 Å². The second-order valence-corrected chi connectivity index (χ2v) is 4.00. The Bertz CT molecular complexity index is 309. The van der Waals surface area contributed by atoms with Gasteiger partial charge in [-0.15, -0.1) is 0 Å². The lowest BCUT2D eigenvalue weighted by Gasteiger charge is -2.02. The van der Waals surface area contributed by atoms with Crippen molar-refractivity contribution in [1.82, 2.24) is 0 Å². The van der Waals surface area contributed by atoms with Gasteiger partial charge in [0, 0.05) is 6.42 Å². The third-order valence-electron chi connectivity index (χ3n) is 2.36. The number of thiol groups is 1. The summed E-state index contributed by atoms with van der Waals surface area (Å²) in [7, 11) is 0. The van der Waals surface area contributed by atoms with Gasteiger partial charge in [-0.1, -0.05) is 12.1 Å². The molecule has 1 aliphatic rings. The Morgan fingerprint density at radius 1 is 1.54 bits per heavy atom. The highest BCUT2D eigenvalue weighted by molar-refractivity contribution is 7.80. The zero-order valence-corrected chi connectivity index (χ0v) is 8.68. The number of hydrogen-bond acceptors (Lipinski definition) is 2. The molecule has 0 fully saturated rings. The quantitative estimate of drug-likeness (QED) is 0.712. The third kappa shape index (κ3) is 1.83. The average molecular weight is 194 g/mol. The molecule has 1 aromatic rings. The van der Waals surface area contributed by atoms with Gasteiger partial charge in [-0.2, -0.15) is 12.6 Å². The molecule has 0 saturated heterocycles. The van der Waals surface area contributed by atoms with Gasteiger partial charge in [-0.3, -0.25) is 0 Å². The summed E-state index contributed by atoms with van der Waals surface area (Å²) >= 11 is 4.22. The summed E-state index contributed by atoms with van der Waals surface area (Å²) in [5.41, 5.74) is 2.72. The summed E-state index contributed by atoms with van der Waals surface area (Å²) in [4.78, 5) is 0. The molecule has 1 aliphatic heterocycles. The monoisotopic (exact) mass is 194 g/mol. The van der Waals surface area contributed by atoms with Crippen LogP contribution in [0.1, 0.15) is 18.1 Å². The Morgan fingerprint density at radius 3 is 3.15 bits per heavy atom. The second-order valence-electron chi connectivity index (χ2n) is 3.55. The van der Waals surface area contributed by atoms with Crippen LogP contribution in [0.25, 0.3) is 0 Å². The van der Waals surface area contributed by atoms with E-state index in [1.165, 1.54) is 11.1 Å². The van der Waals surface area contributed by atoms with E-state index in [-0.39, 0.29) is 0 Å². The number of ether oxygens (including phenoxy) is 1. The van der Waals surface area contributed by atoms with Crippen LogP contribution >= 0.6 is 12.6 Å². The van der Waals surface area contributed by atoms with E-state index in [1.54, 1.807) is 0 Å². The Morgan fingerprint density at radius 2 is 2.38 bits per heavy atom. The first-order chi connectivity index (χ1) is 6.29. The number of aryl methyl sites for hydroxylation is 1. The molecule has 1 aromatic carbocycles. The summed E-state index contributed by atoms with van der Waals surface area (Å²) in [6.07, 6.45) is 2.45. The van der Waals surface area contributed by atoms with Crippen LogP contribution in [-0.4, -0.2) is 11.9 Å². The Kier molecular flexibility index (Phi) is 2.49. The molecule has 1 atom stereocenters. The molecular formula is C11H14OS. The molecule has 0 radical (unpaired) electrons. The SMILES string of the molecule is CC1Cc2cc(CCS)ccc2O1. The van der Waals surface area contributed by atoms with E-state index >= 15 is 0 Å². The largest absolute Gasteiger partial charge is 0.490 e. The molecule has 2 heteroatoms. The van der Waals surface area contributed by atoms with Gasteiger partial charge in [-0.05, 0) is 36.3 Å². The van der Waals surface area contributed by atoms with Gasteiger partial charge in [0.1, 0.15) is 11.9 Å². The van der Waals surface area contributed by atoms with Crippen molar-refractivity contribution in [2.24, 2.45) is 0 Å². The van der Waals surface area contributed by atoms with Crippen molar-refractivity contribution in [2.45, 2.75) is 25.9 Å². The summed E-state index contributed by atoms with van der Waals surface area (Å²) < 4.78 is 5.62. The molecule has 13 heavy (non-hydrogen) atoms. The van der Waals surface area contributed by atoms with Gasteiger partial charge in [0.15, 0.2) is 0 Å². The van der Waals surface area contributed by atoms with Crippen LogP contribution in [0.4, 0.5) is 0 Å². The van der Waals surface area contributed by atoms with E-state index in [1.807, 2.05) is 0 Å². The zero-order chi connectivity index (χ0) is 9.26. The molecule has 0 spiro atoms. The van der Waals surface area contributed by atoms with Crippen LogP contribution in [0.2, 0.25) is 0 Å². The van der Waals surface area contributed by atoms with Gasteiger partial charge < -0.3 is 4.74 Å². The number of hydrogen-bond donors (Lipinski definition) is 1. The van der Waals surface area contributed by atoms with Crippen LogP contribution in [0.3, 0.4) is 0 Å². The maximum Gasteiger partial charge on any atom is 0.123 e. The summed E-state index contributed by atoms with van der Waals surface area (Å²) in [6, 6.07) is 6.46. The molecule has 0 saturated carbocycles. The van der Waals surface area contributed by atoms with Crippen LogP contribution in [0.5, 0.6) is 5.75 Å². The van der Waals surface area contributed by atoms with Crippen molar-refractivity contribution >= 4 is 12.6 Å². The lowest BCUT2D eigenvalue weighted by Crippen LogP contribution is -2.05. The highest BCUT2D eigenvalue weighted by atomic mass is 32.1. The molecule has 1 heterocycles. The molecular weight excluding hydrogens is 180 g/mol. The fraction of sp³-hybridized carbons (Fsp3) is 0.455. The van der Waals surface area contributed by atoms with Gasteiger partial charge in [0.25, 0.3) is 0 Å². The fourth-order valence-electron chi connectivity index (χ4n) is 1.76. The van der Waals surface area contributed by atoms with Crippen molar-refractivity contribution in [1.29, 1.82) is 0 Å². The Balaban J connectivity index is 2.24. The predicted octanol–water partition coefficient (Wildman–Crippen LogP) is 2.48. The minimum atomic E-state index is 0.348. The highest BCUT2D eigenvalue weighted by Gasteiger charge is 2.18. The first-order valence-electron chi connectivity index (χ1n) is 4.69. The van der Waals surface area contributed by atoms with Crippen molar-refractivity contribution in [2.75, 3.05) is 5.75 Å². The lowest BCUT2D eigenvalue weighted by atomic mass is 10.1. The normalized spacial score (nSPS) is 19.7. The molecule has 2 rings (SSSR count). The Labute approximate surface area is 84.5 Å². The molecule has 0 N–H and O–H groups in total. The first-order valence-corrected chi connectivity index (χ1v) is 5.32. The van der Waals surface area contributed by atoms with E-state index < -0.39 is 0 Å². The van der Waals surface area contributed by atoms with Gasteiger partial charge in [0.2, 0.25) is 0 Å². The van der Waals surface area contributed by atoms with Crippen molar-refractivity contribution < 1.29 is 4.74 Å². The standard InChI is InChI=1S/C11H14OS/c1-8-6-10-7-9(4-5-13)2-3-11(10)12-8/h2-3,7-8,13H,4-6H2,1H3. The van der Waals surface area contributed by atoms with Crippen LogP contribution in [0, 0.1) is 0 Å². The molecule has 0 bridgehead atoms. The van der Waals surface area contributed by atoms with Gasteiger partial charge in [-0.25, -0.2) is 0 Å². The van der Waals surface area contributed by atoms with Crippen LogP contribution in [-0.2, 0) is 12.8 Å². The van der Waals surface area contributed by atoms with Crippen LogP contribution < -0.4 is 4.74 Å². The average Bonchev–Trinajstić information content (AvgIpc) is 2.44. The minimum Gasteiger partial charge on any atom is -0.490 e. The van der Waals surface area contributed by atoms with E-state index in [4.69, 9.17) is 4.74 Å². The van der Waals surface area contributed by atoms with E-state index in [0.29, 0.717) is 6.10 Å². The van der Waals surface area contributed by atoms with Crippen molar-refractivity contribution in [3.05, 3.63) is 29.3 Å². The summed E-state index contributed by atoms with van der Waals surface area (Å²) in [5, 5.41) is 0. The second kappa shape index (κ2) is 3.62. The smallest absolute Gasteiger partial charge is 0.123 e. The lowest BCUT2D eigenvalue weighted by molar-refractivity contribution is 0.254.